The van der Waals surface area contributed by atoms with Crippen LogP contribution in [0, 0.1) is 5.92 Å². The molecule has 132 valence electrons. The molecule has 1 aliphatic rings. The summed E-state index contributed by atoms with van der Waals surface area (Å²) < 4.78 is 10.9. The number of hydrogen-bond donors (Lipinski definition) is 2. The summed E-state index contributed by atoms with van der Waals surface area (Å²) in [5.74, 6) is 0.784. The molecule has 1 atom stereocenters. The number of aromatic nitrogens is 1. The number of hydrogen-bond acceptors (Lipinski definition) is 6. The summed E-state index contributed by atoms with van der Waals surface area (Å²) in [6.07, 6.45) is 0.431. The smallest absolute Gasteiger partial charge is 0.300 e. The molecular formula is C19H18N4O3. The summed E-state index contributed by atoms with van der Waals surface area (Å²) in [7, 11) is 1.63. The highest BCUT2D eigenvalue weighted by molar-refractivity contribution is 6.07. The van der Waals surface area contributed by atoms with Gasteiger partial charge in [0.15, 0.2) is 5.58 Å². The van der Waals surface area contributed by atoms with Crippen LogP contribution >= 0.6 is 0 Å². The number of amides is 1. The highest BCUT2D eigenvalue weighted by Gasteiger charge is 2.22. The van der Waals surface area contributed by atoms with Crippen LogP contribution < -0.4 is 15.5 Å². The molecule has 7 nitrogen and oxygen atoms in total. The zero-order valence-electron chi connectivity index (χ0n) is 14.4. The van der Waals surface area contributed by atoms with Crippen LogP contribution in [0.4, 0.5) is 11.7 Å². The van der Waals surface area contributed by atoms with Gasteiger partial charge in [-0.2, -0.15) is 10.1 Å². The van der Waals surface area contributed by atoms with Gasteiger partial charge in [-0.25, -0.2) is 5.43 Å². The maximum absolute atomic E-state index is 11.4. The number of oxazole rings is 1. The third kappa shape index (κ3) is 3.11. The van der Waals surface area contributed by atoms with Crippen molar-refractivity contribution in [2.75, 3.05) is 12.4 Å². The second-order valence-corrected chi connectivity index (χ2v) is 6.19. The van der Waals surface area contributed by atoms with Gasteiger partial charge in [0.2, 0.25) is 5.91 Å². The second-order valence-electron chi connectivity index (χ2n) is 6.19. The van der Waals surface area contributed by atoms with Crippen molar-refractivity contribution in [1.82, 2.24) is 10.4 Å². The molecule has 3 aromatic rings. The zero-order valence-corrected chi connectivity index (χ0v) is 14.4. The third-order valence-corrected chi connectivity index (χ3v) is 4.28. The van der Waals surface area contributed by atoms with E-state index in [0.29, 0.717) is 18.0 Å². The molecule has 2 aromatic carbocycles. The molecule has 4 rings (SSSR count). The van der Waals surface area contributed by atoms with Crippen molar-refractivity contribution in [3.8, 4) is 5.75 Å². The lowest BCUT2D eigenvalue weighted by molar-refractivity contribution is -0.121. The first kappa shape index (κ1) is 16.1. The standard InChI is InChI=1S/C19H18N4O3/c1-11-9-17(24)22-23-18(11)12-3-8-16-15(10-12)21-19(26-16)20-13-4-6-14(25-2)7-5-13/h3-8,10-11H,9H2,1-2H3,(H,20,21)(H,22,24). The predicted molar refractivity (Wildman–Crippen MR) is 98.7 cm³/mol. The van der Waals surface area contributed by atoms with Crippen molar-refractivity contribution < 1.29 is 13.9 Å². The van der Waals surface area contributed by atoms with E-state index in [2.05, 4.69) is 20.8 Å². The van der Waals surface area contributed by atoms with Crippen LogP contribution in [-0.2, 0) is 4.79 Å². The first-order valence-electron chi connectivity index (χ1n) is 8.31. The molecule has 0 saturated heterocycles. The minimum Gasteiger partial charge on any atom is -0.497 e. The van der Waals surface area contributed by atoms with E-state index in [0.717, 1.165) is 28.2 Å². The number of methoxy groups -OCH3 is 1. The van der Waals surface area contributed by atoms with Crippen LogP contribution in [0.25, 0.3) is 11.1 Å². The van der Waals surface area contributed by atoms with Gasteiger partial charge in [0.05, 0.1) is 12.8 Å². The summed E-state index contributed by atoms with van der Waals surface area (Å²) >= 11 is 0. The molecular weight excluding hydrogens is 332 g/mol. The van der Waals surface area contributed by atoms with Crippen molar-refractivity contribution in [2.24, 2.45) is 11.0 Å². The van der Waals surface area contributed by atoms with Gasteiger partial charge in [0, 0.05) is 23.6 Å². The number of nitrogens with zero attached hydrogens (tertiary/aromatic N) is 2. The Morgan fingerprint density at radius 1 is 1.23 bits per heavy atom. The van der Waals surface area contributed by atoms with E-state index in [1.807, 2.05) is 49.4 Å². The fourth-order valence-corrected chi connectivity index (χ4v) is 2.94. The Labute approximate surface area is 150 Å². The molecule has 1 aliphatic heterocycles. The molecule has 1 unspecified atom stereocenters. The molecule has 0 saturated carbocycles. The van der Waals surface area contributed by atoms with Gasteiger partial charge in [0.1, 0.15) is 11.3 Å². The lowest BCUT2D eigenvalue weighted by Crippen LogP contribution is -2.31. The van der Waals surface area contributed by atoms with Crippen molar-refractivity contribution in [3.63, 3.8) is 0 Å². The molecule has 0 fully saturated rings. The van der Waals surface area contributed by atoms with Gasteiger partial charge in [-0.15, -0.1) is 0 Å². The SMILES string of the molecule is COc1ccc(Nc2nc3cc(C4=NNC(=O)CC4C)ccc3o2)cc1. The Hall–Kier alpha value is -3.35. The minimum absolute atomic E-state index is 0.0602. The molecule has 0 spiro atoms. The summed E-state index contributed by atoms with van der Waals surface area (Å²) in [5.41, 5.74) is 6.57. The molecule has 7 heteroatoms. The van der Waals surface area contributed by atoms with E-state index in [-0.39, 0.29) is 11.8 Å². The van der Waals surface area contributed by atoms with Crippen molar-refractivity contribution in [2.45, 2.75) is 13.3 Å². The quantitative estimate of drug-likeness (QED) is 0.752. The van der Waals surface area contributed by atoms with Crippen molar-refractivity contribution >= 4 is 34.4 Å². The molecule has 2 heterocycles. The average molecular weight is 350 g/mol. The van der Waals surface area contributed by atoms with Gasteiger partial charge < -0.3 is 14.5 Å². The Kier molecular flexibility index (Phi) is 4.04. The predicted octanol–water partition coefficient (Wildman–Crippen LogP) is 3.44. The van der Waals surface area contributed by atoms with Crippen LogP contribution in [0.5, 0.6) is 5.75 Å². The number of benzene rings is 2. The Bertz CT molecular complexity index is 992. The maximum Gasteiger partial charge on any atom is 0.300 e. The molecule has 2 N–H and O–H groups in total. The normalized spacial score (nSPS) is 16.9. The molecule has 26 heavy (non-hydrogen) atoms. The van der Waals surface area contributed by atoms with E-state index in [1.54, 1.807) is 7.11 Å². The molecule has 1 aromatic heterocycles. The summed E-state index contributed by atoms with van der Waals surface area (Å²) in [6.45, 7) is 1.99. The van der Waals surface area contributed by atoms with E-state index < -0.39 is 0 Å². The topological polar surface area (TPSA) is 88.8 Å². The molecule has 0 aliphatic carbocycles. The first-order valence-corrected chi connectivity index (χ1v) is 8.31. The number of hydrazone groups is 1. The van der Waals surface area contributed by atoms with Crippen molar-refractivity contribution in [1.29, 1.82) is 0 Å². The van der Waals surface area contributed by atoms with E-state index >= 15 is 0 Å². The summed E-state index contributed by atoms with van der Waals surface area (Å²) in [4.78, 5) is 15.9. The largest absolute Gasteiger partial charge is 0.497 e. The fourth-order valence-electron chi connectivity index (χ4n) is 2.94. The molecule has 0 radical (unpaired) electrons. The van der Waals surface area contributed by atoms with Crippen molar-refractivity contribution in [3.05, 3.63) is 48.0 Å². The van der Waals surface area contributed by atoms with Crippen LogP contribution in [0.2, 0.25) is 0 Å². The van der Waals surface area contributed by atoms with Crippen LogP contribution in [-0.4, -0.2) is 23.7 Å². The van der Waals surface area contributed by atoms with Gasteiger partial charge in [-0.3, -0.25) is 4.79 Å². The lowest BCUT2D eigenvalue weighted by Gasteiger charge is -2.18. The van der Waals surface area contributed by atoms with Crippen LogP contribution in [0.15, 0.2) is 52.0 Å². The molecule has 1 amide bonds. The number of ether oxygens (including phenoxy) is 1. The highest BCUT2D eigenvalue weighted by Crippen LogP contribution is 2.26. The van der Waals surface area contributed by atoms with Gasteiger partial charge in [-0.1, -0.05) is 6.92 Å². The van der Waals surface area contributed by atoms with Gasteiger partial charge >= 0.3 is 0 Å². The lowest BCUT2D eigenvalue weighted by atomic mass is 9.94. The highest BCUT2D eigenvalue weighted by atomic mass is 16.5. The summed E-state index contributed by atoms with van der Waals surface area (Å²) in [5, 5.41) is 7.33. The van der Waals surface area contributed by atoms with Crippen LogP contribution in [0.1, 0.15) is 18.9 Å². The first-order chi connectivity index (χ1) is 12.6. The van der Waals surface area contributed by atoms with Crippen LogP contribution in [0.3, 0.4) is 0 Å². The number of fused-ring (bicyclic) bond motifs is 1. The number of rotatable bonds is 4. The Morgan fingerprint density at radius 3 is 2.77 bits per heavy atom. The zero-order chi connectivity index (χ0) is 18.1. The number of carbonyl (C=O) groups excluding carboxylic acids is 1. The number of carbonyl (C=O) groups is 1. The number of anilines is 2. The fraction of sp³-hybridized carbons (Fsp3) is 0.211. The van der Waals surface area contributed by atoms with E-state index in [4.69, 9.17) is 9.15 Å². The van der Waals surface area contributed by atoms with Gasteiger partial charge in [-0.05, 0) is 42.5 Å². The third-order valence-electron chi connectivity index (χ3n) is 4.28. The Morgan fingerprint density at radius 2 is 2.04 bits per heavy atom. The van der Waals surface area contributed by atoms with E-state index in [1.165, 1.54) is 0 Å². The monoisotopic (exact) mass is 350 g/mol. The number of nitrogens with one attached hydrogen (secondary N) is 2. The second kappa shape index (κ2) is 6.51. The summed E-state index contributed by atoms with van der Waals surface area (Å²) in [6, 6.07) is 13.6. The van der Waals surface area contributed by atoms with Gasteiger partial charge in [0.25, 0.3) is 6.01 Å². The molecule has 0 bridgehead atoms. The minimum atomic E-state index is -0.0604. The average Bonchev–Trinajstić information content (AvgIpc) is 3.03. The van der Waals surface area contributed by atoms with E-state index in [9.17, 15) is 4.79 Å². The maximum atomic E-state index is 11.4. The Balaban J connectivity index is 1.60.